The van der Waals surface area contributed by atoms with Gasteiger partial charge in [-0.3, -0.25) is 9.59 Å². The summed E-state index contributed by atoms with van der Waals surface area (Å²) >= 11 is 0. The zero-order valence-corrected chi connectivity index (χ0v) is 16.1. The molecule has 0 aromatic carbocycles. The van der Waals surface area contributed by atoms with Crippen LogP contribution in [0.2, 0.25) is 0 Å². The van der Waals surface area contributed by atoms with Crippen molar-refractivity contribution in [3.8, 4) is 5.75 Å². The molecule has 0 spiro atoms. The average Bonchev–Trinajstić information content (AvgIpc) is 2.81. The number of hydrogen-bond donors (Lipinski definition) is 2. The van der Waals surface area contributed by atoms with E-state index in [0.29, 0.717) is 17.0 Å². The van der Waals surface area contributed by atoms with Gasteiger partial charge in [0.1, 0.15) is 5.75 Å². The van der Waals surface area contributed by atoms with E-state index < -0.39 is 24.3 Å². The first-order valence-corrected chi connectivity index (χ1v) is 9.71. The lowest BCUT2D eigenvalue weighted by molar-refractivity contribution is -0.139. The van der Waals surface area contributed by atoms with Gasteiger partial charge in [0, 0.05) is 11.9 Å². The molecule has 0 aliphatic heterocycles. The Labute approximate surface area is 163 Å². The summed E-state index contributed by atoms with van der Waals surface area (Å²) < 4.78 is 7.26. The fourth-order valence-corrected chi connectivity index (χ4v) is 4.21. The fourth-order valence-electron chi connectivity index (χ4n) is 4.21. The monoisotopic (exact) mass is 386 g/mol. The first kappa shape index (κ1) is 19.9. The molecule has 2 heterocycles. The third kappa shape index (κ3) is 4.03. The van der Waals surface area contributed by atoms with Crippen LogP contribution in [-0.2, 0) is 16.0 Å². The summed E-state index contributed by atoms with van der Waals surface area (Å²) in [4.78, 5) is 35.1. The van der Waals surface area contributed by atoms with Gasteiger partial charge >= 0.3 is 5.97 Å². The molecule has 3 rings (SSSR count). The molecule has 0 atom stereocenters. The third-order valence-corrected chi connectivity index (χ3v) is 5.55. The maximum atomic E-state index is 12.6. The van der Waals surface area contributed by atoms with Gasteiger partial charge in [-0.1, -0.05) is 38.5 Å². The normalized spacial score (nSPS) is 15.3. The molecule has 1 aliphatic carbocycles. The smallest absolute Gasteiger partial charge is 0.341 e. The van der Waals surface area contributed by atoms with Crippen molar-refractivity contribution in [1.82, 2.24) is 4.40 Å². The SMILES string of the molecule is Cc1c(C(=O)C(N)=O)c2c(OCC(=O)O)cccn2c1CC1CCCCCC1. The number of fused-ring (bicyclic) bond motifs is 1. The molecule has 0 bridgehead atoms. The zero-order chi connectivity index (χ0) is 20.3. The number of amides is 1. The van der Waals surface area contributed by atoms with E-state index in [1.165, 1.54) is 25.7 Å². The maximum absolute atomic E-state index is 12.6. The van der Waals surface area contributed by atoms with Crippen molar-refractivity contribution in [1.29, 1.82) is 0 Å². The summed E-state index contributed by atoms with van der Waals surface area (Å²) in [5.41, 5.74) is 7.56. The van der Waals surface area contributed by atoms with Crippen LogP contribution in [0.3, 0.4) is 0 Å². The number of nitrogens with two attached hydrogens (primary N) is 1. The Morgan fingerprint density at radius 1 is 1.21 bits per heavy atom. The van der Waals surface area contributed by atoms with Gasteiger partial charge in [0.2, 0.25) is 0 Å². The highest BCUT2D eigenvalue weighted by Gasteiger charge is 2.27. The predicted octanol–water partition coefficient (Wildman–Crippen LogP) is 2.89. The number of aliphatic carboxylic acids is 1. The Balaban J connectivity index is 2.11. The van der Waals surface area contributed by atoms with Gasteiger partial charge < -0.3 is 20.0 Å². The molecule has 28 heavy (non-hydrogen) atoms. The number of nitrogens with zero attached hydrogens (tertiary/aromatic N) is 1. The van der Waals surface area contributed by atoms with Crippen LogP contribution in [0.4, 0.5) is 0 Å². The van der Waals surface area contributed by atoms with E-state index in [2.05, 4.69) is 0 Å². The third-order valence-electron chi connectivity index (χ3n) is 5.55. The van der Waals surface area contributed by atoms with Crippen LogP contribution in [-0.4, -0.2) is 33.8 Å². The number of aromatic nitrogens is 1. The van der Waals surface area contributed by atoms with Gasteiger partial charge in [0.15, 0.2) is 6.61 Å². The minimum atomic E-state index is -1.12. The standard InChI is InChI=1S/C21H26N2O5/c1-13-15(11-14-7-4-2-3-5-8-14)23-10-6-9-16(28-12-17(24)25)19(23)18(13)20(26)21(22)27/h6,9-10,14H,2-5,7-8,11-12H2,1H3,(H2,22,27)(H,24,25). The number of pyridine rings is 1. The average molecular weight is 386 g/mol. The van der Waals surface area contributed by atoms with Gasteiger partial charge in [-0.15, -0.1) is 0 Å². The highest BCUT2D eigenvalue weighted by molar-refractivity contribution is 6.44. The number of carbonyl (C=O) groups excluding carboxylic acids is 2. The van der Waals surface area contributed by atoms with Gasteiger partial charge in [-0.05, 0) is 37.0 Å². The number of rotatable bonds is 7. The Morgan fingerprint density at radius 3 is 2.50 bits per heavy atom. The molecule has 0 saturated heterocycles. The number of carboxylic acid groups (broad SMARTS) is 1. The summed E-state index contributed by atoms with van der Waals surface area (Å²) in [5, 5.41) is 8.94. The van der Waals surface area contributed by atoms with Crippen molar-refractivity contribution in [3.63, 3.8) is 0 Å². The Bertz CT molecular complexity index is 907. The quantitative estimate of drug-likeness (QED) is 0.432. The molecule has 1 fully saturated rings. The maximum Gasteiger partial charge on any atom is 0.341 e. The minimum absolute atomic E-state index is 0.206. The predicted molar refractivity (Wildman–Crippen MR) is 104 cm³/mol. The molecular formula is C21H26N2O5. The first-order chi connectivity index (χ1) is 13.4. The first-order valence-electron chi connectivity index (χ1n) is 9.71. The number of carbonyl (C=O) groups is 3. The van der Waals surface area contributed by atoms with Crippen LogP contribution in [0.1, 0.15) is 60.1 Å². The molecule has 7 nitrogen and oxygen atoms in total. The zero-order valence-electron chi connectivity index (χ0n) is 16.1. The molecule has 1 amide bonds. The highest BCUT2D eigenvalue weighted by atomic mass is 16.5. The van der Waals surface area contributed by atoms with E-state index in [9.17, 15) is 14.4 Å². The molecule has 0 radical (unpaired) electrons. The molecule has 150 valence electrons. The summed E-state index contributed by atoms with van der Waals surface area (Å²) in [5.74, 6) is -2.17. The second kappa shape index (κ2) is 8.46. The minimum Gasteiger partial charge on any atom is -0.480 e. The van der Waals surface area contributed by atoms with E-state index in [4.69, 9.17) is 15.6 Å². The fraction of sp³-hybridized carbons (Fsp3) is 0.476. The van der Waals surface area contributed by atoms with Gasteiger partial charge in [0.25, 0.3) is 11.7 Å². The molecule has 1 aliphatic rings. The van der Waals surface area contributed by atoms with E-state index in [-0.39, 0.29) is 11.3 Å². The van der Waals surface area contributed by atoms with Crippen LogP contribution in [0.15, 0.2) is 18.3 Å². The molecule has 3 N–H and O–H groups in total. The van der Waals surface area contributed by atoms with Crippen LogP contribution in [0.25, 0.3) is 5.52 Å². The largest absolute Gasteiger partial charge is 0.480 e. The van der Waals surface area contributed by atoms with Crippen molar-refractivity contribution in [2.24, 2.45) is 11.7 Å². The summed E-state index contributed by atoms with van der Waals surface area (Å²) in [6, 6.07) is 3.35. The van der Waals surface area contributed by atoms with E-state index in [0.717, 1.165) is 25.0 Å². The van der Waals surface area contributed by atoms with Gasteiger partial charge in [0.05, 0.1) is 11.1 Å². The van der Waals surface area contributed by atoms with Crippen LogP contribution in [0.5, 0.6) is 5.75 Å². The Morgan fingerprint density at radius 2 is 1.89 bits per heavy atom. The molecule has 2 aromatic rings. The summed E-state index contributed by atoms with van der Waals surface area (Å²) in [7, 11) is 0. The number of hydrogen-bond acceptors (Lipinski definition) is 4. The lowest BCUT2D eigenvalue weighted by Crippen LogP contribution is -2.23. The molecule has 2 aromatic heterocycles. The molecular weight excluding hydrogens is 360 g/mol. The summed E-state index contributed by atoms with van der Waals surface area (Å²) in [6.45, 7) is 1.28. The number of primary amides is 1. The second-order valence-corrected chi connectivity index (χ2v) is 7.48. The Hall–Kier alpha value is -2.83. The lowest BCUT2D eigenvalue weighted by Gasteiger charge is -2.15. The highest BCUT2D eigenvalue weighted by Crippen LogP contribution is 2.34. The number of Topliss-reactive ketones (excluding diaryl/α,β-unsaturated/α-hetero) is 1. The molecule has 0 unspecified atom stereocenters. The van der Waals surface area contributed by atoms with Crippen molar-refractivity contribution in [3.05, 3.63) is 35.2 Å². The number of ether oxygens (including phenoxy) is 1. The van der Waals surface area contributed by atoms with E-state index in [1.807, 2.05) is 17.5 Å². The van der Waals surface area contributed by atoms with Crippen molar-refractivity contribution >= 4 is 23.2 Å². The van der Waals surface area contributed by atoms with Crippen LogP contribution in [0, 0.1) is 12.8 Å². The van der Waals surface area contributed by atoms with Crippen molar-refractivity contribution in [2.75, 3.05) is 6.61 Å². The van der Waals surface area contributed by atoms with E-state index >= 15 is 0 Å². The van der Waals surface area contributed by atoms with Gasteiger partial charge in [-0.25, -0.2) is 4.79 Å². The topological polar surface area (TPSA) is 111 Å². The molecule has 1 saturated carbocycles. The van der Waals surface area contributed by atoms with Crippen LogP contribution < -0.4 is 10.5 Å². The Kier molecular flexibility index (Phi) is 6.02. The summed E-state index contributed by atoms with van der Waals surface area (Å²) in [6.07, 6.45) is 9.80. The number of carboxylic acids is 1. The van der Waals surface area contributed by atoms with E-state index in [1.54, 1.807) is 12.1 Å². The second-order valence-electron chi connectivity index (χ2n) is 7.48. The van der Waals surface area contributed by atoms with Crippen LogP contribution >= 0.6 is 0 Å². The molecule has 7 heteroatoms. The van der Waals surface area contributed by atoms with Crippen molar-refractivity contribution < 1.29 is 24.2 Å². The van der Waals surface area contributed by atoms with Crippen molar-refractivity contribution in [2.45, 2.75) is 51.9 Å². The number of ketones is 1. The lowest BCUT2D eigenvalue weighted by atomic mass is 9.93. The van der Waals surface area contributed by atoms with Gasteiger partial charge in [-0.2, -0.15) is 0 Å².